The Hall–Kier alpha value is -1.13. The van der Waals surface area contributed by atoms with E-state index in [-0.39, 0.29) is 7.92 Å². The van der Waals surface area contributed by atoms with Crippen LogP contribution in [0.2, 0.25) is 0 Å². The molecule has 2 aromatic rings. The Morgan fingerprint density at radius 2 is 1.05 bits per heavy atom. The van der Waals surface area contributed by atoms with Gasteiger partial charge in [0.05, 0.1) is 0 Å². The molecule has 118 valence electrons. The number of hydrogen-bond acceptors (Lipinski definition) is 0. The van der Waals surface area contributed by atoms with E-state index in [4.69, 9.17) is 0 Å². The highest BCUT2D eigenvalue weighted by Crippen LogP contribution is 2.36. The monoisotopic (exact) mass is 312 g/mol. The van der Waals surface area contributed by atoms with Crippen molar-refractivity contribution >= 4 is 18.5 Å². The third-order valence-corrected chi connectivity index (χ3v) is 6.43. The van der Waals surface area contributed by atoms with E-state index in [2.05, 4.69) is 77.9 Å². The molecule has 0 heterocycles. The van der Waals surface area contributed by atoms with Crippen molar-refractivity contribution in [3.05, 3.63) is 58.7 Å². The van der Waals surface area contributed by atoms with Crippen LogP contribution in [0.4, 0.5) is 0 Å². The summed E-state index contributed by atoms with van der Waals surface area (Å²) >= 11 is 0. The molecule has 0 radical (unpaired) electrons. The van der Waals surface area contributed by atoms with Gasteiger partial charge in [-0.15, -0.1) is 0 Å². The first kappa shape index (κ1) is 17.2. The summed E-state index contributed by atoms with van der Waals surface area (Å²) in [7, 11) is -0.248. The van der Waals surface area contributed by atoms with Crippen molar-refractivity contribution < 1.29 is 0 Å². The lowest BCUT2D eigenvalue weighted by Crippen LogP contribution is -2.16. The van der Waals surface area contributed by atoms with Crippen LogP contribution in [0.25, 0.3) is 0 Å². The lowest BCUT2D eigenvalue weighted by atomic mass is 10.1. The molecule has 0 unspecified atom stereocenters. The Morgan fingerprint density at radius 3 is 1.36 bits per heavy atom. The Labute approximate surface area is 137 Å². The molecular formula is C21H29P. The van der Waals surface area contributed by atoms with Crippen LogP contribution in [-0.4, -0.2) is 6.16 Å². The van der Waals surface area contributed by atoms with Crippen LogP contribution >= 0.6 is 7.92 Å². The molecule has 0 aliphatic rings. The minimum Gasteiger partial charge on any atom is -0.0628 e. The summed E-state index contributed by atoms with van der Waals surface area (Å²) in [5.41, 5.74) is 5.54. The maximum Gasteiger partial charge on any atom is -0.0190 e. The second-order valence-electron chi connectivity index (χ2n) is 7.03. The van der Waals surface area contributed by atoms with Gasteiger partial charge in [0.2, 0.25) is 0 Å². The summed E-state index contributed by atoms with van der Waals surface area (Å²) in [5, 5.41) is 3.08. The number of rotatable bonds is 5. The van der Waals surface area contributed by atoms with Gasteiger partial charge in [-0.05, 0) is 64.7 Å². The third-order valence-electron chi connectivity index (χ3n) is 3.97. The minimum atomic E-state index is -0.248. The van der Waals surface area contributed by atoms with E-state index in [1.165, 1.54) is 45.4 Å². The number of benzene rings is 2. The largest absolute Gasteiger partial charge is 0.0628 e. The molecule has 0 nitrogen and oxygen atoms in total. The molecule has 0 aromatic heterocycles. The zero-order valence-corrected chi connectivity index (χ0v) is 15.8. The predicted molar refractivity (Wildman–Crippen MR) is 102 cm³/mol. The van der Waals surface area contributed by atoms with Gasteiger partial charge in [-0.1, -0.05) is 72.5 Å². The zero-order chi connectivity index (χ0) is 16.3. The predicted octanol–water partition coefficient (Wildman–Crippen LogP) is 5.40. The summed E-state index contributed by atoms with van der Waals surface area (Å²) in [6.07, 6.45) is 2.59. The fourth-order valence-electron chi connectivity index (χ4n) is 3.01. The molecule has 0 saturated heterocycles. The van der Waals surface area contributed by atoms with Crippen molar-refractivity contribution in [2.24, 2.45) is 5.92 Å². The summed E-state index contributed by atoms with van der Waals surface area (Å²) in [6.45, 7) is 13.5. The molecule has 1 heteroatoms. The normalized spacial score (nSPS) is 11.5. The smallest absolute Gasteiger partial charge is 0.0190 e. The van der Waals surface area contributed by atoms with Crippen LogP contribution in [-0.2, 0) is 0 Å². The third kappa shape index (κ3) is 4.68. The number of hydrogen-bond donors (Lipinski definition) is 0. The molecule has 0 bridgehead atoms. The molecule has 0 aliphatic carbocycles. The van der Waals surface area contributed by atoms with E-state index >= 15 is 0 Å². The van der Waals surface area contributed by atoms with Crippen molar-refractivity contribution in [3.8, 4) is 0 Å². The van der Waals surface area contributed by atoms with Crippen LogP contribution in [0, 0.1) is 33.6 Å². The van der Waals surface area contributed by atoms with Gasteiger partial charge in [-0.25, -0.2) is 0 Å². The second kappa shape index (κ2) is 7.42. The molecule has 2 rings (SSSR count). The molecule has 0 aliphatic heterocycles. The average molecular weight is 312 g/mol. The van der Waals surface area contributed by atoms with Crippen molar-refractivity contribution in [1.82, 2.24) is 0 Å². The van der Waals surface area contributed by atoms with E-state index in [0.717, 1.165) is 5.92 Å². The lowest BCUT2D eigenvalue weighted by molar-refractivity contribution is 0.631. The van der Waals surface area contributed by atoms with Crippen molar-refractivity contribution in [3.63, 3.8) is 0 Å². The van der Waals surface area contributed by atoms with Gasteiger partial charge < -0.3 is 0 Å². The Bertz CT molecular complexity index is 548. The molecule has 0 N–H and O–H groups in total. The van der Waals surface area contributed by atoms with Gasteiger partial charge in [0.1, 0.15) is 0 Å². The van der Waals surface area contributed by atoms with Gasteiger partial charge in [-0.2, -0.15) is 0 Å². The van der Waals surface area contributed by atoms with E-state index in [1.54, 1.807) is 0 Å². The fourth-order valence-corrected chi connectivity index (χ4v) is 6.03. The van der Waals surface area contributed by atoms with Gasteiger partial charge in [0, 0.05) is 0 Å². The van der Waals surface area contributed by atoms with E-state index in [0.29, 0.717) is 0 Å². The summed E-state index contributed by atoms with van der Waals surface area (Å²) < 4.78 is 0. The Balaban J connectivity index is 2.45. The summed E-state index contributed by atoms with van der Waals surface area (Å²) in [5.74, 6) is 0.766. The standard InChI is InChI=1S/C21H29P/c1-15(2)7-8-22(20-11-16(3)9-17(4)12-20)21-13-18(5)10-19(6)14-21/h9-15H,7-8H2,1-6H3. The number of aryl methyl sites for hydroxylation is 4. The van der Waals surface area contributed by atoms with Crippen molar-refractivity contribution in [2.45, 2.75) is 48.0 Å². The highest BCUT2D eigenvalue weighted by atomic mass is 31.1. The van der Waals surface area contributed by atoms with E-state index in [1.807, 2.05) is 0 Å². The maximum absolute atomic E-state index is 2.40. The molecule has 2 aromatic carbocycles. The van der Waals surface area contributed by atoms with E-state index < -0.39 is 0 Å². The first-order valence-electron chi connectivity index (χ1n) is 8.29. The van der Waals surface area contributed by atoms with Crippen LogP contribution < -0.4 is 10.6 Å². The highest BCUT2D eigenvalue weighted by molar-refractivity contribution is 7.73. The first-order chi connectivity index (χ1) is 10.3. The summed E-state index contributed by atoms with van der Waals surface area (Å²) in [6, 6.07) is 14.2. The van der Waals surface area contributed by atoms with Gasteiger partial charge in [0.25, 0.3) is 0 Å². The van der Waals surface area contributed by atoms with Gasteiger partial charge in [0.15, 0.2) is 0 Å². The molecule has 22 heavy (non-hydrogen) atoms. The molecular weight excluding hydrogens is 283 g/mol. The second-order valence-corrected chi connectivity index (χ2v) is 9.36. The van der Waals surface area contributed by atoms with Crippen LogP contribution in [0.5, 0.6) is 0 Å². The maximum atomic E-state index is 2.40. The van der Waals surface area contributed by atoms with Crippen LogP contribution in [0.1, 0.15) is 42.5 Å². The minimum absolute atomic E-state index is 0.248. The van der Waals surface area contributed by atoms with Crippen molar-refractivity contribution in [1.29, 1.82) is 0 Å². The zero-order valence-electron chi connectivity index (χ0n) is 14.9. The molecule has 0 spiro atoms. The lowest BCUT2D eigenvalue weighted by Gasteiger charge is -2.22. The molecule has 0 amide bonds. The quantitative estimate of drug-likeness (QED) is 0.649. The SMILES string of the molecule is Cc1cc(C)cc(P(CCC(C)C)c2cc(C)cc(C)c2)c1. The van der Waals surface area contributed by atoms with E-state index in [9.17, 15) is 0 Å². The highest BCUT2D eigenvalue weighted by Gasteiger charge is 2.16. The molecule has 0 saturated carbocycles. The Kier molecular flexibility index (Phi) is 5.81. The average Bonchev–Trinajstić information content (AvgIpc) is 2.36. The Morgan fingerprint density at radius 1 is 0.682 bits per heavy atom. The van der Waals surface area contributed by atoms with Crippen LogP contribution in [0.3, 0.4) is 0 Å². The first-order valence-corrected chi connectivity index (χ1v) is 9.82. The fraction of sp³-hybridized carbons (Fsp3) is 0.429. The molecule has 0 atom stereocenters. The van der Waals surface area contributed by atoms with Crippen molar-refractivity contribution in [2.75, 3.05) is 6.16 Å². The van der Waals surface area contributed by atoms with Crippen LogP contribution in [0.15, 0.2) is 36.4 Å². The van der Waals surface area contributed by atoms with Gasteiger partial charge >= 0.3 is 0 Å². The van der Waals surface area contributed by atoms with Gasteiger partial charge in [-0.3, -0.25) is 0 Å². The topological polar surface area (TPSA) is 0 Å². The summed E-state index contributed by atoms with van der Waals surface area (Å²) in [4.78, 5) is 0. The molecule has 0 fully saturated rings.